The molecule has 0 radical (unpaired) electrons. The van der Waals surface area contributed by atoms with Crippen molar-refractivity contribution >= 4 is 11.5 Å². The maximum Gasteiger partial charge on any atom is 0.146 e. The smallest absolute Gasteiger partial charge is 0.146 e. The number of hydrogen-bond donors (Lipinski definition) is 2. The van der Waals surface area contributed by atoms with Gasteiger partial charge in [0.25, 0.3) is 0 Å². The molecular weight excluding hydrogens is 198 g/mol. The van der Waals surface area contributed by atoms with Crippen LogP contribution < -0.4 is 11.1 Å². The van der Waals surface area contributed by atoms with Crippen LogP contribution in [-0.4, -0.2) is 11.0 Å². The van der Waals surface area contributed by atoms with Gasteiger partial charge in [0.15, 0.2) is 0 Å². The number of nitrogens with one attached hydrogen (secondary N) is 1. The standard InChI is InChI=1S/C13H21N3/c1-13(2)7-3-5-10(9-13)16-11-6-4-8-15-12(11)14/h4,6,8,10,16H,3,5,7,9H2,1-2H3,(H2,14,15). The van der Waals surface area contributed by atoms with Gasteiger partial charge < -0.3 is 11.1 Å². The molecule has 1 heterocycles. The monoisotopic (exact) mass is 219 g/mol. The molecule has 1 aromatic heterocycles. The predicted molar refractivity (Wildman–Crippen MR) is 68.3 cm³/mol. The van der Waals surface area contributed by atoms with Gasteiger partial charge in [-0.25, -0.2) is 4.98 Å². The molecule has 2 rings (SSSR count). The summed E-state index contributed by atoms with van der Waals surface area (Å²) in [5.41, 5.74) is 7.26. The number of nitrogen functional groups attached to an aromatic ring is 1. The minimum Gasteiger partial charge on any atom is -0.382 e. The van der Waals surface area contributed by atoms with Crippen LogP contribution in [-0.2, 0) is 0 Å². The lowest BCUT2D eigenvalue weighted by Crippen LogP contribution is -2.32. The van der Waals surface area contributed by atoms with Crippen LogP contribution in [0.4, 0.5) is 11.5 Å². The highest BCUT2D eigenvalue weighted by atomic mass is 15.0. The molecular formula is C13H21N3. The molecule has 88 valence electrons. The van der Waals surface area contributed by atoms with Gasteiger partial charge in [0.05, 0.1) is 5.69 Å². The van der Waals surface area contributed by atoms with E-state index in [0.29, 0.717) is 17.3 Å². The highest BCUT2D eigenvalue weighted by Gasteiger charge is 2.27. The average molecular weight is 219 g/mol. The van der Waals surface area contributed by atoms with Crippen molar-refractivity contribution in [1.29, 1.82) is 0 Å². The molecule has 0 aromatic carbocycles. The van der Waals surface area contributed by atoms with Crippen molar-refractivity contribution in [2.75, 3.05) is 11.1 Å². The van der Waals surface area contributed by atoms with Crippen LogP contribution in [0, 0.1) is 5.41 Å². The lowest BCUT2D eigenvalue weighted by molar-refractivity contribution is 0.229. The summed E-state index contributed by atoms with van der Waals surface area (Å²) < 4.78 is 0. The SMILES string of the molecule is CC1(C)CCCC(Nc2cccnc2N)C1. The topological polar surface area (TPSA) is 50.9 Å². The molecule has 3 N–H and O–H groups in total. The first-order valence-electron chi connectivity index (χ1n) is 6.04. The first kappa shape index (κ1) is 11.2. The van der Waals surface area contributed by atoms with Crippen LogP contribution >= 0.6 is 0 Å². The third-order valence-corrected chi connectivity index (χ3v) is 3.40. The van der Waals surface area contributed by atoms with Crippen LogP contribution in [0.1, 0.15) is 39.5 Å². The Bertz CT molecular complexity index is 360. The molecule has 1 aliphatic carbocycles. The van der Waals surface area contributed by atoms with Gasteiger partial charge in [0.1, 0.15) is 5.82 Å². The van der Waals surface area contributed by atoms with Gasteiger partial charge in [-0.15, -0.1) is 0 Å². The van der Waals surface area contributed by atoms with Crippen LogP contribution in [0.25, 0.3) is 0 Å². The van der Waals surface area contributed by atoms with E-state index in [0.717, 1.165) is 5.69 Å². The fourth-order valence-corrected chi connectivity index (χ4v) is 2.58. The molecule has 16 heavy (non-hydrogen) atoms. The fraction of sp³-hybridized carbons (Fsp3) is 0.615. The molecule has 1 unspecified atom stereocenters. The fourth-order valence-electron chi connectivity index (χ4n) is 2.58. The molecule has 1 aliphatic rings. The summed E-state index contributed by atoms with van der Waals surface area (Å²) >= 11 is 0. The molecule has 1 atom stereocenters. The van der Waals surface area contributed by atoms with Crippen molar-refractivity contribution in [3.8, 4) is 0 Å². The van der Waals surface area contributed by atoms with Crippen molar-refractivity contribution in [3.05, 3.63) is 18.3 Å². The van der Waals surface area contributed by atoms with Gasteiger partial charge in [-0.1, -0.05) is 20.3 Å². The van der Waals surface area contributed by atoms with E-state index in [2.05, 4.69) is 24.1 Å². The van der Waals surface area contributed by atoms with Gasteiger partial charge in [0.2, 0.25) is 0 Å². The van der Waals surface area contributed by atoms with Crippen molar-refractivity contribution in [1.82, 2.24) is 4.98 Å². The quantitative estimate of drug-likeness (QED) is 0.803. The van der Waals surface area contributed by atoms with Crippen LogP contribution in [0.15, 0.2) is 18.3 Å². The Morgan fingerprint density at radius 3 is 3.00 bits per heavy atom. The summed E-state index contributed by atoms with van der Waals surface area (Å²) in [5, 5.41) is 3.52. The van der Waals surface area contributed by atoms with Crippen LogP contribution in [0.5, 0.6) is 0 Å². The van der Waals surface area contributed by atoms with E-state index in [-0.39, 0.29) is 0 Å². The zero-order valence-corrected chi connectivity index (χ0v) is 10.2. The zero-order chi connectivity index (χ0) is 11.6. The molecule has 0 aliphatic heterocycles. The van der Waals surface area contributed by atoms with E-state index in [9.17, 15) is 0 Å². The Morgan fingerprint density at radius 1 is 1.50 bits per heavy atom. The number of anilines is 2. The number of nitrogens with two attached hydrogens (primary N) is 1. The molecule has 3 heteroatoms. The second-order valence-electron chi connectivity index (χ2n) is 5.54. The molecule has 1 fully saturated rings. The molecule has 1 saturated carbocycles. The summed E-state index contributed by atoms with van der Waals surface area (Å²) in [5.74, 6) is 0.603. The van der Waals surface area contributed by atoms with Crippen LogP contribution in [0.3, 0.4) is 0 Å². The largest absolute Gasteiger partial charge is 0.382 e. The second kappa shape index (κ2) is 4.32. The summed E-state index contributed by atoms with van der Waals surface area (Å²) in [6, 6.07) is 4.46. The Kier molecular flexibility index (Phi) is 3.03. The van der Waals surface area contributed by atoms with Crippen molar-refractivity contribution < 1.29 is 0 Å². The summed E-state index contributed by atoms with van der Waals surface area (Å²) in [6.07, 6.45) is 6.79. The second-order valence-corrected chi connectivity index (χ2v) is 5.54. The van der Waals surface area contributed by atoms with E-state index in [1.165, 1.54) is 25.7 Å². The van der Waals surface area contributed by atoms with E-state index < -0.39 is 0 Å². The molecule has 1 aromatic rings. The van der Waals surface area contributed by atoms with Crippen molar-refractivity contribution in [2.24, 2.45) is 5.41 Å². The van der Waals surface area contributed by atoms with Crippen molar-refractivity contribution in [2.45, 2.75) is 45.6 Å². The molecule has 0 saturated heterocycles. The molecule has 0 amide bonds. The third kappa shape index (κ3) is 2.65. The van der Waals surface area contributed by atoms with Gasteiger partial charge in [-0.05, 0) is 36.8 Å². The number of rotatable bonds is 2. The Balaban J connectivity index is 2.02. The Hall–Kier alpha value is -1.25. The predicted octanol–water partition coefficient (Wildman–Crippen LogP) is 3.04. The van der Waals surface area contributed by atoms with E-state index >= 15 is 0 Å². The molecule has 0 spiro atoms. The molecule has 0 bridgehead atoms. The summed E-state index contributed by atoms with van der Waals surface area (Å²) in [6.45, 7) is 4.68. The highest BCUT2D eigenvalue weighted by Crippen LogP contribution is 2.36. The highest BCUT2D eigenvalue weighted by molar-refractivity contribution is 5.61. The Labute approximate surface area is 97.5 Å². The maximum atomic E-state index is 5.83. The first-order chi connectivity index (χ1) is 7.57. The summed E-state index contributed by atoms with van der Waals surface area (Å²) in [4.78, 5) is 4.10. The lowest BCUT2D eigenvalue weighted by Gasteiger charge is -2.36. The Morgan fingerprint density at radius 2 is 2.31 bits per heavy atom. The number of hydrogen-bond acceptors (Lipinski definition) is 3. The van der Waals surface area contributed by atoms with Gasteiger partial charge in [-0.3, -0.25) is 0 Å². The first-order valence-corrected chi connectivity index (χ1v) is 6.04. The molecule has 3 nitrogen and oxygen atoms in total. The maximum absolute atomic E-state index is 5.83. The minimum atomic E-state index is 0.451. The average Bonchev–Trinajstić information content (AvgIpc) is 2.20. The van der Waals surface area contributed by atoms with Crippen LogP contribution in [0.2, 0.25) is 0 Å². The number of aromatic nitrogens is 1. The van der Waals surface area contributed by atoms with Gasteiger partial charge in [-0.2, -0.15) is 0 Å². The zero-order valence-electron chi connectivity index (χ0n) is 10.2. The lowest BCUT2D eigenvalue weighted by atomic mass is 9.75. The van der Waals surface area contributed by atoms with Gasteiger partial charge >= 0.3 is 0 Å². The summed E-state index contributed by atoms with van der Waals surface area (Å²) in [7, 11) is 0. The normalized spacial score (nSPS) is 24.0. The minimum absolute atomic E-state index is 0.451. The van der Waals surface area contributed by atoms with E-state index in [1.54, 1.807) is 6.20 Å². The van der Waals surface area contributed by atoms with Crippen molar-refractivity contribution in [3.63, 3.8) is 0 Å². The van der Waals surface area contributed by atoms with E-state index in [1.807, 2.05) is 12.1 Å². The number of nitrogens with zero attached hydrogens (tertiary/aromatic N) is 1. The van der Waals surface area contributed by atoms with E-state index in [4.69, 9.17) is 5.73 Å². The number of pyridine rings is 1. The van der Waals surface area contributed by atoms with Gasteiger partial charge in [0, 0.05) is 12.2 Å². The third-order valence-electron chi connectivity index (χ3n) is 3.40.